The fraction of sp³-hybridized carbons (Fsp3) is 0.818. The van der Waals surface area contributed by atoms with E-state index in [-0.39, 0.29) is 24.8 Å². The van der Waals surface area contributed by atoms with Crippen LogP contribution in [0.2, 0.25) is 0 Å². The molecule has 6 heteroatoms. The first-order valence-electron chi connectivity index (χ1n) is 5.68. The first-order chi connectivity index (χ1) is 7.94. The second-order valence-electron chi connectivity index (χ2n) is 4.44. The van der Waals surface area contributed by atoms with Crippen LogP contribution in [0.3, 0.4) is 0 Å². The fourth-order valence-corrected chi connectivity index (χ4v) is 1.00. The summed E-state index contributed by atoms with van der Waals surface area (Å²) in [6.07, 6.45) is 0.260. The van der Waals surface area contributed by atoms with Crippen molar-refractivity contribution in [1.82, 2.24) is 10.6 Å². The van der Waals surface area contributed by atoms with Crippen LogP contribution in [0.25, 0.3) is 0 Å². The van der Waals surface area contributed by atoms with Gasteiger partial charge in [-0.3, -0.25) is 9.59 Å². The molecule has 17 heavy (non-hydrogen) atoms. The number of ether oxygens (including phenoxy) is 1. The zero-order valence-electron chi connectivity index (χ0n) is 10.8. The van der Waals surface area contributed by atoms with Gasteiger partial charge in [0.15, 0.2) is 0 Å². The average Bonchev–Trinajstić information content (AvgIpc) is 2.29. The summed E-state index contributed by atoms with van der Waals surface area (Å²) < 4.78 is 4.80. The van der Waals surface area contributed by atoms with E-state index in [9.17, 15) is 9.59 Å². The van der Waals surface area contributed by atoms with Gasteiger partial charge in [0.05, 0.1) is 12.0 Å². The predicted molar refractivity (Wildman–Crippen MR) is 65.3 cm³/mol. The van der Waals surface area contributed by atoms with E-state index in [1.807, 2.05) is 0 Å². The minimum absolute atomic E-state index is 0.104. The maximum atomic E-state index is 11.6. The molecule has 0 aromatic carbocycles. The Hall–Kier alpha value is -1.14. The van der Waals surface area contributed by atoms with Crippen LogP contribution in [0.5, 0.6) is 0 Å². The molecule has 0 aliphatic heterocycles. The largest absolute Gasteiger partial charge is 0.383 e. The lowest BCUT2D eigenvalue weighted by Crippen LogP contribution is -2.43. The van der Waals surface area contributed by atoms with E-state index in [2.05, 4.69) is 10.6 Å². The van der Waals surface area contributed by atoms with E-state index in [0.717, 1.165) is 0 Å². The molecule has 100 valence electrons. The minimum atomic E-state index is -0.591. The Morgan fingerprint density at radius 2 is 1.88 bits per heavy atom. The molecule has 6 nitrogen and oxygen atoms in total. The van der Waals surface area contributed by atoms with Crippen molar-refractivity contribution < 1.29 is 14.3 Å². The van der Waals surface area contributed by atoms with Gasteiger partial charge in [-0.25, -0.2) is 0 Å². The molecule has 0 aromatic heterocycles. The van der Waals surface area contributed by atoms with Gasteiger partial charge in [-0.05, 0) is 13.8 Å². The van der Waals surface area contributed by atoms with Gasteiger partial charge in [0.2, 0.25) is 11.8 Å². The third-order valence-corrected chi connectivity index (χ3v) is 2.39. The fourth-order valence-electron chi connectivity index (χ4n) is 1.00. The first-order valence-corrected chi connectivity index (χ1v) is 5.68. The molecule has 0 saturated carbocycles. The number of hydrogen-bond acceptors (Lipinski definition) is 4. The summed E-state index contributed by atoms with van der Waals surface area (Å²) in [4.78, 5) is 22.9. The van der Waals surface area contributed by atoms with E-state index in [0.29, 0.717) is 19.7 Å². The number of nitrogens with two attached hydrogens (primary N) is 1. The molecule has 0 atom stereocenters. The van der Waals surface area contributed by atoms with Gasteiger partial charge in [-0.1, -0.05) is 0 Å². The van der Waals surface area contributed by atoms with Gasteiger partial charge in [0, 0.05) is 33.2 Å². The standard InChI is InChI=1S/C11H23N3O3/c1-11(2,8-12)10(16)14-5-4-9(15)13-6-7-17-3/h4-8,12H2,1-3H3,(H,13,15)(H,14,16). The average molecular weight is 245 g/mol. The van der Waals surface area contributed by atoms with Gasteiger partial charge in [0.1, 0.15) is 0 Å². The molecule has 0 fully saturated rings. The second-order valence-corrected chi connectivity index (χ2v) is 4.44. The van der Waals surface area contributed by atoms with Crippen molar-refractivity contribution >= 4 is 11.8 Å². The van der Waals surface area contributed by atoms with Crippen molar-refractivity contribution in [2.75, 3.05) is 33.4 Å². The molecule has 0 unspecified atom stereocenters. The lowest BCUT2D eigenvalue weighted by Gasteiger charge is -2.21. The van der Waals surface area contributed by atoms with Crippen LogP contribution in [0.1, 0.15) is 20.3 Å². The van der Waals surface area contributed by atoms with Crippen molar-refractivity contribution in [3.63, 3.8) is 0 Å². The van der Waals surface area contributed by atoms with E-state index >= 15 is 0 Å². The van der Waals surface area contributed by atoms with Crippen molar-refractivity contribution in [2.45, 2.75) is 20.3 Å². The highest BCUT2D eigenvalue weighted by Gasteiger charge is 2.25. The summed E-state index contributed by atoms with van der Waals surface area (Å²) >= 11 is 0. The number of methoxy groups -OCH3 is 1. The second kappa shape index (κ2) is 8.03. The maximum absolute atomic E-state index is 11.6. The Labute approximate surface area is 102 Å². The predicted octanol–water partition coefficient (Wildman–Crippen LogP) is -0.760. The Morgan fingerprint density at radius 3 is 2.41 bits per heavy atom. The maximum Gasteiger partial charge on any atom is 0.226 e. The van der Waals surface area contributed by atoms with Crippen LogP contribution in [0.15, 0.2) is 0 Å². The van der Waals surface area contributed by atoms with Gasteiger partial charge in [0.25, 0.3) is 0 Å². The van der Waals surface area contributed by atoms with Gasteiger partial charge < -0.3 is 21.1 Å². The zero-order chi connectivity index (χ0) is 13.3. The van der Waals surface area contributed by atoms with Crippen LogP contribution in [-0.2, 0) is 14.3 Å². The lowest BCUT2D eigenvalue weighted by atomic mass is 9.93. The van der Waals surface area contributed by atoms with Gasteiger partial charge >= 0.3 is 0 Å². The van der Waals surface area contributed by atoms with Crippen molar-refractivity contribution in [3.05, 3.63) is 0 Å². The van der Waals surface area contributed by atoms with Crippen molar-refractivity contribution in [2.24, 2.45) is 11.1 Å². The number of carbonyl (C=O) groups excluding carboxylic acids is 2. The molecule has 0 saturated heterocycles. The summed E-state index contributed by atoms with van der Waals surface area (Å²) in [5, 5.41) is 5.35. The zero-order valence-corrected chi connectivity index (χ0v) is 10.8. The van der Waals surface area contributed by atoms with Crippen molar-refractivity contribution in [3.8, 4) is 0 Å². The molecule has 2 amide bonds. The summed E-state index contributed by atoms with van der Waals surface area (Å²) in [5.74, 6) is -0.238. The molecule has 0 rings (SSSR count). The molecular formula is C11H23N3O3. The van der Waals surface area contributed by atoms with Crippen LogP contribution in [0.4, 0.5) is 0 Å². The topological polar surface area (TPSA) is 93.5 Å². The Kier molecular flexibility index (Phi) is 7.49. The van der Waals surface area contributed by atoms with Crippen LogP contribution in [-0.4, -0.2) is 45.2 Å². The summed E-state index contributed by atoms with van der Waals surface area (Å²) in [5.41, 5.74) is 4.88. The van der Waals surface area contributed by atoms with E-state index in [1.165, 1.54) is 0 Å². The van der Waals surface area contributed by atoms with Gasteiger partial charge in [-0.2, -0.15) is 0 Å². The quantitative estimate of drug-likeness (QED) is 0.490. The lowest BCUT2D eigenvalue weighted by molar-refractivity contribution is -0.129. The van der Waals surface area contributed by atoms with Gasteiger partial charge in [-0.15, -0.1) is 0 Å². The van der Waals surface area contributed by atoms with Crippen molar-refractivity contribution in [1.29, 1.82) is 0 Å². The monoisotopic (exact) mass is 245 g/mol. The van der Waals surface area contributed by atoms with E-state index in [1.54, 1.807) is 21.0 Å². The highest BCUT2D eigenvalue weighted by atomic mass is 16.5. The SMILES string of the molecule is COCCNC(=O)CCNC(=O)C(C)(C)CN. The number of rotatable bonds is 8. The van der Waals surface area contributed by atoms with Crippen LogP contribution in [0, 0.1) is 5.41 Å². The highest BCUT2D eigenvalue weighted by molar-refractivity contribution is 5.83. The number of nitrogens with one attached hydrogen (secondary N) is 2. The molecule has 0 aliphatic rings. The van der Waals surface area contributed by atoms with E-state index in [4.69, 9.17) is 10.5 Å². The highest BCUT2D eigenvalue weighted by Crippen LogP contribution is 2.11. The summed E-state index contributed by atoms with van der Waals surface area (Å²) in [7, 11) is 1.57. The Morgan fingerprint density at radius 1 is 1.24 bits per heavy atom. The molecule has 0 aromatic rings. The number of amides is 2. The smallest absolute Gasteiger partial charge is 0.226 e. The molecular weight excluding hydrogens is 222 g/mol. The molecule has 4 N–H and O–H groups in total. The Bertz CT molecular complexity index is 254. The normalized spacial score (nSPS) is 11.1. The Balaban J connectivity index is 3.70. The first kappa shape index (κ1) is 15.9. The van der Waals surface area contributed by atoms with Crippen LogP contribution < -0.4 is 16.4 Å². The molecule has 0 spiro atoms. The third-order valence-electron chi connectivity index (χ3n) is 2.39. The molecule has 0 heterocycles. The third kappa shape index (κ3) is 6.91. The summed E-state index contributed by atoms with van der Waals surface area (Å²) in [6.45, 7) is 5.10. The molecule has 0 aliphatic carbocycles. The summed E-state index contributed by atoms with van der Waals surface area (Å²) in [6, 6.07) is 0. The molecule has 0 radical (unpaired) electrons. The number of hydrogen-bond donors (Lipinski definition) is 3. The van der Waals surface area contributed by atoms with Crippen LogP contribution >= 0.6 is 0 Å². The van der Waals surface area contributed by atoms with E-state index < -0.39 is 5.41 Å². The minimum Gasteiger partial charge on any atom is -0.383 e. The number of carbonyl (C=O) groups is 2. The molecule has 0 bridgehead atoms.